The summed E-state index contributed by atoms with van der Waals surface area (Å²) in [6, 6.07) is 11.3. The third-order valence-electron chi connectivity index (χ3n) is 3.56. The molecular formula is C18H17ClN4OS. The van der Waals surface area contributed by atoms with Gasteiger partial charge in [0.15, 0.2) is 10.9 Å². The summed E-state index contributed by atoms with van der Waals surface area (Å²) in [6.45, 7) is 4.26. The minimum absolute atomic E-state index is 0.256. The monoisotopic (exact) mass is 372 g/mol. The zero-order valence-corrected chi connectivity index (χ0v) is 15.4. The molecule has 0 aliphatic carbocycles. The summed E-state index contributed by atoms with van der Waals surface area (Å²) in [5, 5.41) is 8.61. The fourth-order valence-electron chi connectivity index (χ4n) is 2.16. The second kappa shape index (κ2) is 7.63. The van der Waals surface area contributed by atoms with Crippen molar-refractivity contribution in [3.63, 3.8) is 0 Å². The van der Waals surface area contributed by atoms with Crippen LogP contribution < -0.4 is 10.6 Å². The SMILES string of the molecule is CC(C)c1ccc(NC(=O)c2csc(Nc3ncccc3Cl)n2)cc1. The van der Waals surface area contributed by atoms with Gasteiger partial charge in [0, 0.05) is 17.3 Å². The lowest BCUT2D eigenvalue weighted by molar-refractivity contribution is 0.102. The molecule has 0 spiro atoms. The lowest BCUT2D eigenvalue weighted by atomic mass is 10.0. The predicted molar refractivity (Wildman–Crippen MR) is 103 cm³/mol. The molecule has 2 heterocycles. The second-order valence-corrected chi connectivity index (χ2v) is 6.99. The van der Waals surface area contributed by atoms with Crippen LogP contribution in [0, 0.1) is 0 Å². The maximum absolute atomic E-state index is 12.3. The summed E-state index contributed by atoms with van der Waals surface area (Å²) in [4.78, 5) is 20.8. The van der Waals surface area contributed by atoms with Crippen LogP contribution in [0.25, 0.3) is 0 Å². The van der Waals surface area contributed by atoms with E-state index in [9.17, 15) is 4.79 Å². The Morgan fingerprint density at radius 1 is 1.20 bits per heavy atom. The van der Waals surface area contributed by atoms with Gasteiger partial charge in [0.1, 0.15) is 5.69 Å². The van der Waals surface area contributed by atoms with Crippen molar-refractivity contribution in [2.75, 3.05) is 10.6 Å². The van der Waals surface area contributed by atoms with Crippen LogP contribution in [-0.2, 0) is 0 Å². The minimum atomic E-state index is -0.256. The van der Waals surface area contributed by atoms with Crippen molar-refractivity contribution in [1.82, 2.24) is 9.97 Å². The summed E-state index contributed by atoms with van der Waals surface area (Å²) in [5.41, 5.74) is 2.31. The third kappa shape index (κ3) is 4.35. The van der Waals surface area contributed by atoms with E-state index in [-0.39, 0.29) is 5.91 Å². The molecule has 2 aromatic heterocycles. The van der Waals surface area contributed by atoms with Crippen LogP contribution in [0.4, 0.5) is 16.6 Å². The number of nitrogens with one attached hydrogen (secondary N) is 2. The third-order valence-corrected chi connectivity index (χ3v) is 4.62. The molecule has 7 heteroatoms. The Morgan fingerprint density at radius 3 is 2.64 bits per heavy atom. The molecule has 3 aromatic rings. The van der Waals surface area contributed by atoms with Crippen LogP contribution in [0.3, 0.4) is 0 Å². The highest BCUT2D eigenvalue weighted by molar-refractivity contribution is 7.14. The van der Waals surface area contributed by atoms with Crippen LogP contribution in [0.1, 0.15) is 35.8 Å². The lowest BCUT2D eigenvalue weighted by Gasteiger charge is -2.07. The number of carbonyl (C=O) groups is 1. The standard InChI is InChI=1S/C18H17ClN4OS/c1-11(2)12-5-7-13(8-6-12)21-17(24)15-10-25-18(22-15)23-16-14(19)4-3-9-20-16/h3-11H,1-2H3,(H,21,24)(H,20,22,23). The molecule has 0 atom stereocenters. The highest BCUT2D eigenvalue weighted by Gasteiger charge is 2.12. The zero-order valence-electron chi connectivity index (χ0n) is 13.8. The number of benzene rings is 1. The first kappa shape index (κ1) is 17.4. The molecule has 1 amide bonds. The van der Waals surface area contributed by atoms with E-state index in [2.05, 4.69) is 34.4 Å². The van der Waals surface area contributed by atoms with E-state index in [0.29, 0.717) is 27.6 Å². The number of hydrogen-bond acceptors (Lipinski definition) is 5. The molecule has 128 valence electrons. The number of pyridine rings is 1. The highest BCUT2D eigenvalue weighted by atomic mass is 35.5. The number of rotatable bonds is 5. The number of thiazole rings is 1. The van der Waals surface area contributed by atoms with Crippen LogP contribution in [0.2, 0.25) is 5.02 Å². The van der Waals surface area contributed by atoms with Gasteiger partial charge in [0.05, 0.1) is 5.02 Å². The van der Waals surface area contributed by atoms with Crippen LogP contribution in [0.15, 0.2) is 48.0 Å². The van der Waals surface area contributed by atoms with Gasteiger partial charge in [-0.25, -0.2) is 9.97 Å². The van der Waals surface area contributed by atoms with Gasteiger partial charge in [0.25, 0.3) is 5.91 Å². The topological polar surface area (TPSA) is 66.9 Å². The summed E-state index contributed by atoms with van der Waals surface area (Å²) in [5.74, 6) is 0.707. The Bertz CT molecular complexity index is 877. The van der Waals surface area contributed by atoms with E-state index in [1.165, 1.54) is 16.9 Å². The lowest BCUT2D eigenvalue weighted by Crippen LogP contribution is -2.12. The number of halogens is 1. The van der Waals surface area contributed by atoms with Gasteiger partial charge in [-0.1, -0.05) is 37.6 Å². The van der Waals surface area contributed by atoms with Gasteiger partial charge >= 0.3 is 0 Å². The van der Waals surface area contributed by atoms with Crippen molar-refractivity contribution < 1.29 is 4.79 Å². The fraction of sp³-hybridized carbons (Fsp3) is 0.167. The Balaban J connectivity index is 1.67. The molecule has 25 heavy (non-hydrogen) atoms. The Morgan fingerprint density at radius 2 is 1.96 bits per heavy atom. The Hall–Kier alpha value is -2.44. The van der Waals surface area contributed by atoms with Crippen molar-refractivity contribution in [3.8, 4) is 0 Å². The number of anilines is 3. The smallest absolute Gasteiger partial charge is 0.275 e. The van der Waals surface area contributed by atoms with Gasteiger partial charge in [-0.15, -0.1) is 11.3 Å². The van der Waals surface area contributed by atoms with E-state index in [4.69, 9.17) is 11.6 Å². The van der Waals surface area contributed by atoms with Gasteiger partial charge in [-0.05, 0) is 35.7 Å². The maximum Gasteiger partial charge on any atom is 0.275 e. The normalized spacial score (nSPS) is 10.7. The molecule has 0 saturated carbocycles. The van der Waals surface area contributed by atoms with Crippen molar-refractivity contribution in [2.45, 2.75) is 19.8 Å². The molecule has 0 unspecified atom stereocenters. The van der Waals surface area contributed by atoms with Gasteiger partial charge in [-0.3, -0.25) is 4.79 Å². The molecule has 0 bridgehead atoms. The number of aromatic nitrogens is 2. The molecule has 0 fully saturated rings. The molecule has 0 aliphatic heterocycles. The van der Waals surface area contributed by atoms with Crippen LogP contribution in [-0.4, -0.2) is 15.9 Å². The maximum atomic E-state index is 12.3. The largest absolute Gasteiger partial charge is 0.321 e. The fourth-order valence-corrected chi connectivity index (χ4v) is 3.02. The van der Waals surface area contributed by atoms with E-state index in [1.54, 1.807) is 23.7 Å². The van der Waals surface area contributed by atoms with E-state index in [1.807, 2.05) is 24.3 Å². The first-order valence-corrected chi connectivity index (χ1v) is 9.03. The number of amides is 1. The van der Waals surface area contributed by atoms with E-state index >= 15 is 0 Å². The van der Waals surface area contributed by atoms with Gasteiger partial charge in [-0.2, -0.15) is 0 Å². The van der Waals surface area contributed by atoms with Gasteiger partial charge in [0.2, 0.25) is 0 Å². The van der Waals surface area contributed by atoms with Crippen molar-refractivity contribution in [2.24, 2.45) is 0 Å². The summed E-state index contributed by atoms with van der Waals surface area (Å²) >= 11 is 7.37. The summed E-state index contributed by atoms with van der Waals surface area (Å²) < 4.78 is 0. The average molecular weight is 373 g/mol. The molecule has 0 saturated heterocycles. The molecule has 0 radical (unpaired) electrons. The Labute approximate surface area is 155 Å². The highest BCUT2D eigenvalue weighted by Crippen LogP contribution is 2.25. The van der Waals surface area contributed by atoms with E-state index in [0.717, 1.165) is 5.69 Å². The first-order valence-electron chi connectivity index (χ1n) is 7.77. The second-order valence-electron chi connectivity index (χ2n) is 5.73. The summed E-state index contributed by atoms with van der Waals surface area (Å²) in [6.07, 6.45) is 1.64. The minimum Gasteiger partial charge on any atom is -0.321 e. The van der Waals surface area contributed by atoms with Crippen LogP contribution >= 0.6 is 22.9 Å². The Kier molecular flexibility index (Phi) is 5.31. The van der Waals surface area contributed by atoms with Crippen molar-refractivity contribution >= 4 is 45.5 Å². The van der Waals surface area contributed by atoms with Crippen LogP contribution in [0.5, 0.6) is 0 Å². The van der Waals surface area contributed by atoms with Crippen molar-refractivity contribution in [1.29, 1.82) is 0 Å². The molecular weight excluding hydrogens is 356 g/mol. The molecule has 0 aliphatic rings. The van der Waals surface area contributed by atoms with E-state index < -0.39 is 0 Å². The zero-order chi connectivity index (χ0) is 17.8. The average Bonchev–Trinajstić information content (AvgIpc) is 3.06. The van der Waals surface area contributed by atoms with Gasteiger partial charge < -0.3 is 10.6 Å². The summed E-state index contributed by atoms with van der Waals surface area (Å²) in [7, 11) is 0. The predicted octanol–water partition coefficient (Wildman–Crippen LogP) is 5.31. The quantitative estimate of drug-likeness (QED) is 0.636. The number of hydrogen-bond donors (Lipinski definition) is 2. The number of nitrogens with zero attached hydrogens (tertiary/aromatic N) is 2. The molecule has 3 rings (SSSR count). The molecule has 1 aromatic carbocycles. The molecule has 2 N–H and O–H groups in total. The first-order chi connectivity index (χ1) is 12.0. The molecule has 5 nitrogen and oxygen atoms in total. The van der Waals surface area contributed by atoms with Crippen molar-refractivity contribution in [3.05, 3.63) is 64.3 Å². The number of carbonyl (C=O) groups excluding carboxylic acids is 1.